The molecule has 2 heterocycles. The molecule has 0 aliphatic heterocycles. The quantitative estimate of drug-likeness (QED) is 0.150. The van der Waals surface area contributed by atoms with E-state index in [1.807, 2.05) is 0 Å². The molecule has 0 atom stereocenters. The SMILES string of the molecule is CC(C)c1cc2ccc3c(N(c4cccc5ccccc45)c4cccc5c4oc4ccccc45)cc(N(c4cccc5ccccc45)c4cccc5c4oc4ccccc45)c4ccc(c1)c2c34. The summed E-state index contributed by atoms with van der Waals surface area (Å²) in [5.74, 6) is 0.380. The predicted molar refractivity (Wildman–Crippen MR) is 283 cm³/mol. The molecule has 0 unspecified atom stereocenters. The molecule has 12 aromatic carbocycles. The normalized spacial score (nSPS) is 12.2. The highest BCUT2D eigenvalue weighted by molar-refractivity contribution is 6.30. The minimum atomic E-state index is 0.380. The van der Waals surface area contributed by atoms with Crippen molar-refractivity contribution in [2.24, 2.45) is 0 Å². The van der Waals surface area contributed by atoms with Gasteiger partial charge in [-0.05, 0) is 80.9 Å². The lowest BCUT2D eigenvalue weighted by atomic mass is 9.88. The van der Waals surface area contributed by atoms with Crippen LogP contribution >= 0.6 is 0 Å². The van der Waals surface area contributed by atoms with E-state index >= 15 is 0 Å². The van der Waals surface area contributed by atoms with E-state index < -0.39 is 0 Å². The maximum Gasteiger partial charge on any atom is 0.159 e. The van der Waals surface area contributed by atoms with Crippen LogP contribution in [0.1, 0.15) is 25.3 Å². The highest BCUT2D eigenvalue weighted by atomic mass is 16.3. The first kappa shape index (κ1) is 37.7. The van der Waals surface area contributed by atoms with Crippen molar-refractivity contribution in [2.75, 3.05) is 9.80 Å². The molecule has 14 rings (SSSR count). The van der Waals surface area contributed by atoms with Crippen LogP contribution in [0.25, 0.3) is 97.7 Å². The fourth-order valence-electron chi connectivity index (χ4n) is 11.0. The molecule has 0 N–H and O–H groups in total. The number of anilines is 6. The van der Waals surface area contributed by atoms with Crippen molar-refractivity contribution in [3.63, 3.8) is 0 Å². The fourth-order valence-corrected chi connectivity index (χ4v) is 11.0. The molecule has 0 bridgehead atoms. The van der Waals surface area contributed by atoms with Gasteiger partial charge in [0.1, 0.15) is 11.2 Å². The molecule has 0 spiro atoms. The van der Waals surface area contributed by atoms with E-state index in [-0.39, 0.29) is 0 Å². The van der Waals surface area contributed by atoms with Crippen LogP contribution in [-0.4, -0.2) is 0 Å². The Balaban J connectivity index is 1.18. The van der Waals surface area contributed by atoms with Crippen molar-refractivity contribution in [1.29, 1.82) is 0 Å². The Kier molecular flexibility index (Phi) is 8.14. The Labute approximate surface area is 386 Å². The molecule has 2 aromatic heterocycles. The van der Waals surface area contributed by atoms with Crippen molar-refractivity contribution < 1.29 is 8.83 Å². The molecule has 14 aromatic rings. The van der Waals surface area contributed by atoms with Gasteiger partial charge in [-0.3, -0.25) is 0 Å². The van der Waals surface area contributed by atoms with E-state index in [0.29, 0.717) is 5.92 Å². The van der Waals surface area contributed by atoms with Crippen LogP contribution in [0.2, 0.25) is 0 Å². The molecular weight excluding hydrogens is 817 g/mol. The lowest BCUT2D eigenvalue weighted by Crippen LogP contribution is -2.15. The number of nitrogens with zero attached hydrogens (tertiary/aromatic N) is 2. The zero-order valence-corrected chi connectivity index (χ0v) is 37.0. The van der Waals surface area contributed by atoms with E-state index in [0.717, 1.165) is 110 Å². The second kappa shape index (κ2) is 14.5. The summed E-state index contributed by atoms with van der Waals surface area (Å²) in [7, 11) is 0. The highest BCUT2D eigenvalue weighted by Crippen LogP contribution is 2.54. The van der Waals surface area contributed by atoms with Gasteiger partial charge in [-0.25, -0.2) is 0 Å². The van der Waals surface area contributed by atoms with Crippen LogP contribution in [0.4, 0.5) is 34.1 Å². The summed E-state index contributed by atoms with van der Waals surface area (Å²) >= 11 is 0. The molecule has 0 radical (unpaired) electrons. The van der Waals surface area contributed by atoms with Gasteiger partial charge < -0.3 is 18.6 Å². The predicted octanol–water partition coefficient (Wildman–Crippen LogP) is 18.8. The largest absolute Gasteiger partial charge is 0.454 e. The zero-order valence-electron chi connectivity index (χ0n) is 37.0. The van der Waals surface area contributed by atoms with E-state index in [1.54, 1.807) is 0 Å². The molecule has 4 heteroatoms. The van der Waals surface area contributed by atoms with Crippen LogP contribution in [0.3, 0.4) is 0 Å². The number of hydrogen-bond donors (Lipinski definition) is 0. The Morgan fingerprint density at radius 2 is 0.701 bits per heavy atom. The van der Waals surface area contributed by atoms with Gasteiger partial charge in [0.15, 0.2) is 11.2 Å². The van der Waals surface area contributed by atoms with E-state index in [1.165, 1.54) is 27.1 Å². The molecular formula is C63H42N2O2. The first-order valence-corrected chi connectivity index (χ1v) is 23.2. The molecule has 0 amide bonds. The Hall–Kier alpha value is -8.60. The van der Waals surface area contributed by atoms with Crippen molar-refractivity contribution in [3.05, 3.63) is 218 Å². The Morgan fingerprint density at radius 3 is 1.19 bits per heavy atom. The minimum absolute atomic E-state index is 0.380. The second-order valence-corrected chi connectivity index (χ2v) is 18.2. The number of benzene rings is 12. The first-order valence-electron chi connectivity index (χ1n) is 23.2. The summed E-state index contributed by atoms with van der Waals surface area (Å²) in [5.41, 5.74) is 10.8. The van der Waals surface area contributed by atoms with Crippen LogP contribution in [-0.2, 0) is 0 Å². The highest BCUT2D eigenvalue weighted by Gasteiger charge is 2.29. The zero-order chi connectivity index (χ0) is 44.3. The summed E-state index contributed by atoms with van der Waals surface area (Å²) in [4.78, 5) is 4.93. The molecule has 0 saturated heterocycles. The third-order valence-corrected chi connectivity index (χ3v) is 14.1. The summed E-state index contributed by atoms with van der Waals surface area (Å²) in [6.07, 6.45) is 0. The van der Waals surface area contributed by atoms with Gasteiger partial charge in [-0.2, -0.15) is 0 Å². The smallest absolute Gasteiger partial charge is 0.159 e. The van der Waals surface area contributed by atoms with Crippen molar-refractivity contribution >= 4 is 132 Å². The lowest BCUT2D eigenvalue weighted by Gasteiger charge is -2.33. The van der Waals surface area contributed by atoms with Gasteiger partial charge in [0.2, 0.25) is 0 Å². The molecule has 0 aliphatic carbocycles. The monoisotopic (exact) mass is 858 g/mol. The standard InChI is InChI=1S/C63H42N2O2/c1-38(2)43-35-41-31-33-50-56(64(52-25-11-17-39-15-3-5-19-44(39)52)54-27-13-23-48-46-21-7-9-29-58(46)66-62(48)54)37-57(51-34-32-42(36-43)60(41)61(50)51)65(53-26-12-18-40-16-4-6-20-45(40)53)55-28-14-24-49-47-22-8-10-30-59(47)67-63(49)55/h3-38H,1-2H3. The summed E-state index contributed by atoms with van der Waals surface area (Å²) < 4.78 is 13.9. The molecule has 4 nitrogen and oxygen atoms in total. The van der Waals surface area contributed by atoms with Gasteiger partial charge in [0.25, 0.3) is 0 Å². The summed E-state index contributed by atoms with van der Waals surface area (Å²) in [6.45, 7) is 4.56. The maximum atomic E-state index is 6.96. The van der Waals surface area contributed by atoms with Crippen molar-refractivity contribution in [3.8, 4) is 0 Å². The first-order chi connectivity index (χ1) is 33.1. The topological polar surface area (TPSA) is 32.8 Å². The molecule has 316 valence electrons. The van der Waals surface area contributed by atoms with Gasteiger partial charge >= 0.3 is 0 Å². The van der Waals surface area contributed by atoms with Crippen molar-refractivity contribution in [2.45, 2.75) is 19.8 Å². The molecule has 0 aliphatic rings. The summed E-state index contributed by atoms with van der Waals surface area (Å²) in [5, 5.41) is 16.2. The van der Waals surface area contributed by atoms with Crippen LogP contribution < -0.4 is 9.80 Å². The average molecular weight is 859 g/mol. The van der Waals surface area contributed by atoms with Crippen LogP contribution in [0.15, 0.2) is 221 Å². The fraction of sp³-hybridized carbons (Fsp3) is 0.0476. The number of para-hydroxylation sites is 4. The van der Waals surface area contributed by atoms with Crippen LogP contribution in [0, 0.1) is 0 Å². The minimum Gasteiger partial charge on any atom is -0.454 e. The van der Waals surface area contributed by atoms with Crippen molar-refractivity contribution in [1.82, 2.24) is 0 Å². The molecule has 67 heavy (non-hydrogen) atoms. The Morgan fingerprint density at radius 1 is 0.299 bits per heavy atom. The summed E-state index contributed by atoms with van der Waals surface area (Å²) in [6, 6.07) is 77.2. The Bertz CT molecular complexity index is 4010. The average Bonchev–Trinajstić information content (AvgIpc) is 3.96. The van der Waals surface area contributed by atoms with Gasteiger partial charge in [0, 0.05) is 48.5 Å². The van der Waals surface area contributed by atoms with E-state index in [9.17, 15) is 0 Å². The second-order valence-electron chi connectivity index (χ2n) is 18.2. The lowest BCUT2D eigenvalue weighted by molar-refractivity contribution is 0.669. The third kappa shape index (κ3) is 5.60. The third-order valence-electron chi connectivity index (χ3n) is 14.1. The van der Waals surface area contributed by atoms with Crippen LogP contribution in [0.5, 0.6) is 0 Å². The number of hydrogen-bond acceptors (Lipinski definition) is 4. The number of rotatable bonds is 7. The van der Waals surface area contributed by atoms with Gasteiger partial charge in [0.05, 0.1) is 34.1 Å². The van der Waals surface area contributed by atoms with Gasteiger partial charge in [-0.15, -0.1) is 0 Å². The van der Waals surface area contributed by atoms with E-state index in [4.69, 9.17) is 8.83 Å². The van der Waals surface area contributed by atoms with Gasteiger partial charge in [-0.1, -0.05) is 184 Å². The number of fused-ring (bicyclic) bond motifs is 8. The number of furan rings is 2. The van der Waals surface area contributed by atoms with E-state index in [2.05, 4.69) is 236 Å². The maximum absolute atomic E-state index is 6.96. The molecule has 0 fully saturated rings. The molecule has 0 saturated carbocycles.